The van der Waals surface area contributed by atoms with Crippen LogP contribution < -0.4 is 4.74 Å². The van der Waals surface area contributed by atoms with Crippen LogP contribution in [0.15, 0.2) is 42.5 Å². The third-order valence-electron chi connectivity index (χ3n) is 5.25. The minimum absolute atomic E-state index is 0.0521. The minimum atomic E-state index is -0.285. The number of carbonyl (C=O) groups excluding carboxylic acids is 1. The Bertz CT molecular complexity index is 1040. The first-order valence-electron chi connectivity index (χ1n) is 9.97. The highest BCUT2D eigenvalue weighted by molar-refractivity contribution is 6.00. The number of phenols is 1. The van der Waals surface area contributed by atoms with Gasteiger partial charge in [0.05, 0.1) is 18.3 Å². The van der Waals surface area contributed by atoms with Gasteiger partial charge in [-0.2, -0.15) is 5.10 Å². The number of phenolic OH excluding ortho intramolecular Hbond substituents is 1. The third kappa shape index (κ3) is 3.24. The number of aromatic amines is 1. The number of aryl methyl sites for hydroxylation is 1. The summed E-state index contributed by atoms with van der Waals surface area (Å²) in [6, 6.07) is 13.1. The molecule has 1 atom stereocenters. The van der Waals surface area contributed by atoms with E-state index in [-0.39, 0.29) is 17.7 Å². The number of nitrogens with one attached hydrogen (secondary N) is 1. The summed E-state index contributed by atoms with van der Waals surface area (Å²) < 4.78 is 5.58. The summed E-state index contributed by atoms with van der Waals surface area (Å²) in [6.45, 7) is 7.05. The van der Waals surface area contributed by atoms with Crippen LogP contribution in [0.3, 0.4) is 0 Å². The Kier molecular flexibility index (Phi) is 5.01. The normalized spacial score (nSPS) is 15.6. The largest absolute Gasteiger partial charge is 0.504 e. The first-order valence-corrected chi connectivity index (χ1v) is 9.97. The number of fused-ring (bicyclic) bond motifs is 1. The van der Waals surface area contributed by atoms with E-state index in [9.17, 15) is 9.90 Å². The molecule has 6 heteroatoms. The van der Waals surface area contributed by atoms with Gasteiger partial charge < -0.3 is 14.7 Å². The van der Waals surface area contributed by atoms with Crippen molar-refractivity contribution in [1.82, 2.24) is 15.1 Å². The lowest BCUT2D eigenvalue weighted by atomic mass is 9.95. The fourth-order valence-corrected chi connectivity index (χ4v) is 3.92. The molecule has 0 saturated heterocycles. The molecule has 2 aromatic carbocycles. The number of aromatic hydroxyl groups is 1. The van der Waals surface area contributed by atoms with Gasteiger partial charge in [0.15, 0.2) is 11.5 Å². The molecule has 2 heterocycles. The lowest BCUT2D eigenvalue weighted by molar-refractivity contribution is 0.0743. The highest BCUT2D eigenvalue weighted by Gasteiger charge is 2.41. The van der Waals surface area contributed by atoms with Gasteiger partial charge in [0.25, 0.3) is 5.91 Å². The number of nitrogens with zero attached hydrogens (tertiary/aromatic N) is 2. The first-order chi connectivity index (χ1) is 14.0. The Morgan fingerprint density at radius 1 is 1.17 bits per heavy atom. The van der Waals surface area contributed by atoms with Crippen molar-refractivity contribution in [3.05, 3.63) is 64.8 Å². The Balaban J connectivity index is 1.87. The van der Waals surface area contributed by atoms with Gasteiger partial charge in [0.1, 0.15) is 5.69 Å². The zero-order chi connectivity index (χ0) is 20.5. The molecule has 0 unspecified atom stereocenters. The monoisotopic (exact) mass is 391 g/mol. The number of benzene rings is 2. The van der Waals surface area contributed by atoms with E-state index in [1.54, 1.807) is 6.07 Å². The second kappa shape index (κ2) is 7.62. The summed E-state index contributed by atoms with van der Waals surface area (Å²) in [6.07, 6.45) is 0.843. The summed E-state index contributed by atoms with van der Waals surface area (Å²) in [5.74, 6) is 0.458. The molecule has 1 aromatic heterocycles. The van der Waals surface area contributed by atoms with Crippen LogP contribution in [0.2, 0.25) is 0 Å². The van der Waals surface area contributed by atoms with Crippen LogP contribution in [0.1, 0.15) is 53.5 Å². The van der Waals surface area contributed by atoms with E-state index in [4.69, 9.17) is 4.74 Å². The molecular weight excluding hydrogens is 366 g/mol. The zero-order valence-corrected chi connectivity index (χ0v) is 16.9. The van der Waals surface area contributed by atoms with Crippen LogP contribution in [0, 0.1) is 6.92 Å². The predicted molar refractivity (Wildman–Crippen MR) is 111 cm³/mol. The molecule has 6 nitrogen and oxygen atoms in total. The van der Waals surface area contributed by atoms with Crippen LogP contribution in [-0.4, -0.2) is 39.3 Å². The lowest BCUT2D eigenvalue weighted by Gasteiger charge is -2.26. The summed E-state index contributed by atoms with van der Waals surface area (Å²) in [5, 5.41) is 17.6. The molecule has 1 aliphatic rings. The van der Waals surface area contributed by atoms with E-state index < -0.39 is 0 Å². The summed E-state index contributed by atoms with van der Waals surface area (Å²) in [7, 11) is 0. The molecule has 150 valence electrons. The highest BCUT2D eigenvalue weighted by Crippen LogP contribution is 2.44. The fourth-order valence-electron chi connectivity index (χ4n) is 3.92. The Morgan fingerprint density at radius 3 is 2.62 bits per heavy atom. The molecule has 0 spiro atoms. The van der Waals surface area contributed by atoms with Gasteiger partial charge in [-0.1, -0.05) is 42.8 Å². The van der Waals surface area contributed by atoms with E-state index in [1.807, 2.05) is 55.1 Å². The number of H-pyrrole nitrogens is 1. The number of aromatic nitrogens is 2. The van der Waals surface area contributed by atoms with E-state index in [0.717, 1.165) is 28.8 Å². The number of amides is 1. The zero-order valence-electron chi connectivity index (χ0n) is 16.9. The van der Waals surface area contributed by atoms with E-state index in [2.05, 4.69) is 17.1 Å². The van der Waals surface area contributed by atoms with Crippen molar-refractivity contribution >= 4 is 5.91 Å². The minimum Gasteiger partial charge on any atom is -0.504 e. The van der Waals surface area contributed by atoms with Crippen LogP contribution in [-0.2, 0) is 0 Å². The molecule has 1 amide bonds. The first kappa shape index (κ1) is 19.1. The molecule has 0 bridgehead atoms. The van der Waals surface area contributed by atoms with Gasteiger partial charge in [-0.25, -0.2) is 0 Å². The quantitative estimate of drug-likeness (QED) is 0.651. The molecule has 29 heavy (non-hydrogen) atoms. The maximum atomic E-state index is 13.1. The molecular formula is C23H25N3O3. The SMILES string of the molecule is CCCN1C(=O)c2[nH]nc(-c3ccc(C)cc3)c2[C@H]1c1ccc(O)c(OCC)c1. The standard InChI is InChI=1S/C23H25N3O3/c1-4-12-26-22(16-10-11-17(27)18(13-16)29-5-2)19-20(24-25-21(19)23(26)28)15-8-6-14(3)7-9-15/h6-11,13,22,27H,4-5,12H2,1-3H3,(H,24,25)/t22-/m1/s1. The van der Waals surface area contributed by atoms with E-state index >= 15 is 0 Å². The van der Waals surface area contributed by atoms with Crippen molar-refractivity contribution < 1.29 is 14.6 Å². The van der Waals surface area contributed by atoms with Gasteiger partial charge in [0.2, 0.25) is 0 Å². The Morgan fingerprint density at radius 2 is 1.93 bits per heavy atom. The number of hydrogen-bond donors (Lipinski definition) is 2. The summed E-state index contributed by atoms with van der Waals surface area (Å²) >= 11 is 0. The summed E-state index contributed by atoms with van der Waals surface area (Å²) in [5.41, 5.74) is 5.21. The van der Waals surface area contributed by atoms with Gasteiger partial charge >= 0.3 is 0 Å². The van der Waals surface area contributed by atoms with E-state index in [0.29, 0.717) is 24.6 Å². The Labute approximate surface area is 170 Å². The maximum absolute atomic E-state index is 13.1. The van der Waals surface area contributed by atoms with Crippen LogP contribution in [0.25, 0.3) is 11.3 Å². The maximum Gasteiger partial charge on any atom is 0.273 e. The van der Waals surface area contributed by atoms with Crippen LogP contribution >= 0.6 is 0 Å². The molecule has 0 fully saturated rings. The fraction of sp³-hybridized carbons (Fsp3) is 0.304. The van der Waals surface area contributed by atoms with Crippen molar-refractivity contribution in [2.24, 2.45) is 0 Å². The lowest BCUT2D eigenvalue weighted by Crippen LogP contribution is -2.30. The number of carbonyl (C=O) groups is 1. The van der Waals surface area contributed by atoms with E-state index in [1.165, 1.54) is 5.56 Å². The number of rotatable bonds is 6. The van der Waals surface area contributed by atoms with Crippen LogP contribution in [0.4, 0.5) is 0 Å². The van der Waals surface area contributed by atoms with Crippen molar-refractivity contribution in [3.8, 4) is 22.8 Å². The van der Waals surface area contributed by atoms with Crippen molar-refractivity contribution in [2.45, 2.75) is 33.2 Å². The molecule has 0 saturated carbocycles. The van der Waals surface area contributed by atoms with Crippen LogP contribution in [0.5, 0.6) is 11.5 Å². The third-order valence-corrected chi connectivity index (χ3v) is 5.25. The van der Waals surface area contributed by atoms with Gasteiger partial charge in [0, 0.05) is 17.7 Å². The highest BCUT2D eigenvalue weighted by atomic mass is 16.5. The number of hydrogen-bond acceptors (Lipinski definition) is 4. The predicted octanol–water partition coefficient (Wildman–Crippen LogP) is 4.44. The second-order valence-corrected chi connectivity index (χ2v) is 7.29. The number of ether oxygens (including phenoxy) is 1. The van der Waals surface area contributed by atoms with Crippen molar-refractivity contribution in [1.29, 1.82) is 0 Å². The van der Waals surface area contributed by atoms with Crippen molar-refractivity contribution in [2.75, 3.05) is 13.2 Å². The molecule has 3 aromatic rings. The summed E-state index contributed by atoms with van der Waals surface area (Å²) in [4.78, 5) is 15.0. The molecule has 0 radical (unpaired) electrons. The molecule has 2 N–H and O–H groups in total. The average Bonchev–Trinajstić information content (AvgIpc) is 3.25. The molecule has 0 aliphatic carbocycles. The van der Waals surface area contributed by atoms with Gasteiger partial charge in [-0.3, -0.25) is 9.89 Å². The second-order valence-electron chi connectivity index (χ2n) is 7.29. The van der Waals surface area contributed by atoms with Crippen molar-refractivity contribution in [3.63, 3.8) is 0 Å². The van der Waals surface area contributed by atoms with Gasteiger partial charge in [-0.15, -0.1) is 0 Å². The smallest absolute Gasteiger partial charge is 0.273 e. The topological polar surface area (TPSA) is 78.5 Å². The molecule has 4 rings (SSSR count). The van der Waals surface area contributed by atoms with Gasteiger partial charge in [-0.05, 0) is 38.0 Å². The average molecular weight is 391 g/mol. The Hall–Kier alpha value is -3.28. The molecule has 1 aliphatic heterocycles.